The molecule has 0 bridgehead atoms. The largest absolute Gasteiger partial charge is 0.391 e. The number of aromatic amines is 1. The quantitative estimate of drug-likeness (QED) is 0.573. The van der Waals surface area contributed by atoms with Gasteiger partial charge in [-0.25, -0.2) is 13.4 Å². The standard InChI is InChI=1S/C20H26N4O4S2/c1-24-19(30(2,26)27)10-18(23-24)15(9-13-5-7-28-8-6-13)16-3-4-17(22-16)20-21-11-14(12-25)29-20/h3-4,10-11,13,15,22,25H,5-9,12H2,1-2H3. The Balaban J connectivity index is 1.69. The molecule has 0 saturated carbocycles. The van der Waals surface area contributed by atoms with Crippen LogP contribution >= 0.6 is 11.3 Å². The normalized spacial score (nSPS) is 16.8. The molecule has 162 valence electrons. The lowest BCUT2D eigenvalue weighted by Gasteiger charge is -2.25. The molecule has 8 nitrogen and oxygen atoms in total. The fraction of sp³-hybridized carbons (Fsp3) is 0.500. The number of nitrogens with zero attached hydrogens (tertiary/aromatic N) is 3. The lowest BCUT2D eigenvalue weighted by atomic mass is 9.85. The van der Waals surface area contributed by atoms with Crippen molar-refractivity contribution < 1.29 is 18.3 Å². The van der Waals surface area contributed by atoms with Gasteiger partial charge in [0.25, 0.3) is 0 Å². The Hall–Kier alpha value is -2.01. The third kappa shape index (κ3) is 4.51. The summed E-state index contributed by atoms with van der Waals surface area (Å²) in [4.78, 5) is 8.65. The van der Waals surface area contributed by atoms with Gasteiger partial charge >= 0.3 is 0 Å². The smallest absolute Gasteiger partial charge is 0.192 e. The summed E-state index contributed by atoms with van der Waals surface area (Å²) >= 11 is 1.44. The molecule has 1 atom stereocenters. The van der Waals surface area contributed by atoms with Crippen LogP contribution in [0.15, 0.2) is 29.4 Å². The molecule has 2 N–H and O–H groups in total. The molecular weight excluding hydrogens is 424 g/mol. The van der Waals surface area contributed by atoms with Gasteiger partial charge in [0.05, 0.1) is 22.9 Å². The Labute approximate surface area is 179 Å². The summed E-state index contributed by atoms with van der Waals surface area (Å²) in [6.07, 6.45) is 5.72. The molecule has 1 aliphatic rings. The molecule has 3 aromatic rings. The van der Waals surface area contributed by atoms with Crippen LogP contribution in [0.3, 0.4) is 0 Å². The van der Waals surface area contributed by atoms with Crippen molar-refractivity contribution in [2.45, 2.75) is 36.8 Å². The number of hydrogen-bond donors (Lipinski definition) is 2. The second-order valence-corrected chi connectivity index (χ2v) is 10.8. The Bertz CT molecular complexity index is 1110. The van der Waals surface area contributed by atoms with Crippen LogP contribution in [-0.2, 0) is 28.2 Å². The number of thiazole rings is 1. The van der Waals surface area contributed by atoms with E-state index in [9.17, 15) is 13.5 Å². The van der Waals surface area contributed by atoms with Gasteiger partial charge in [-0.3, -0.25) is 4.68 Å². The van der Waals surface area contributed by atoms with E-state index in [-0.39, 0.29) is 17.6 Å². The fourth-order valence-electron chi connectivity index (χ4n) is 3.96. The number of hydrogen-bond acceptors (Lipinski definition) is 7. The van der Waals surface area contributed by atoms with E-state index in [0.717, 1.165) is 59.4 Å². The van der Waals surface area contributed by atoms with Crippen LogP contribution in [0.2, 0.25) is 0 Å². The first-order chi connectivity index (χ1) is 14.3. The van der Waals surface area contributed by atoms with Gasteiger partial charge in [-0.1, -0.05) is 0 Å². The molecule has 0 spiro atoms. The van der Waals surface area contributed by atoms with Crippen molar-refractivity contribution in [3.8, 4) is 10.7 Å². The zero-order valence-electron chi connectivity index (χ0n) is 17.0. The van der Waals surface area contributed by atoms with Crippen LogP contribution < -0.4 is 0 Å². The summed E-state index contributed by atoms with van der Waals surface area (Å²) < 4.78 is 31.2. The topological polar surface area (TPSA) is 110 Å². The summed E-state index contributed by atoms with van der Waals surface area (Å²) in [5, 5.41) is 14.9. The van der Waals surface area contributed by atoms with Gasteiger partial charge in [-0.2, -0.15) is 5.10 Å². The summed E-state index contributed by atoms with van der Waals surface area (Å²) in [6, 6.07) is 5.69. The highest BCUT2D eigenvalue weighted by molar-refractivity contribution is 7.90. The number of aryl methyl sites for hydroxylation is 1. The maximum atomic E-state index is 12.1. The van der Waals surface area contributed by atoms with Crippen molar-refractivity contribution in [2.75, 3.05) is 19.5 Å². The average Bonchev–Trinajstić information content (AvgIpc) is 3.45. The number of ether oxygens (including phenoxy) is 1. The predicted octanol–water partition coefficient (Wildman–Crippen LogP) is 2.72. The second-order valence-electron chi connectivity index (χ2n) is 7.76. The van der Waals surface area contributed by atoms with Crippen LogP contribution in [0.25, 0.3) is 10.7 Å². The van der Waals surface area contributed by atoms with Gasteiger partial charge in [-0.05, 0) is 43.4 Å². The maximum Gasteiger partial charge on any atom is 0.192 e. The van der Waals surface area contributed by atoms with E-state index in [2.05, 4.69) is 15.1 Å². The number of aliphatic hydroxyl groups excluding tert-OH is 1. The Morgan fingerprint density at radius 2 is 2.13 bits per heavy atom. The summed E-state index contributed by atoms with van der Waals surface area (Å²) in [5.41, 5.74) is 2.61. The van der Waals surface area contributed by atoms with Crippen LogP contribution in [0.5, 0.6) is 0 Å². The molecular formula is C20H26N4O4S2. The van der Waals surface area contributed by atoms with Crippen molar-refractivity contribution in [2.24, 2.45) is 13.0 Å². The van der Waals surface area contributed by atoms with Crippen molar-refractivity contribution in [1.29, 1.82) is 0 Å². The molecule has 10 heteroatoms. The molecule has 3 aromatic heterocycles. The molecule has 1 fully saturated rings. The van der Waals surface area contributed by atoms with Crippen LogP contribution in [0.1, 0.15) is 41.4 Å². The molecule has 1 saturated heterocycles. The van der Waals surface area contributed by atoms with Gasteiger partial charge in [0.1, 0.15) is 5.01 Å². The van der Waals surface area contributed by atoms with Crippen LogP contribution in [0, 0.1) is 5.92 Å². The number of nitrogens with one attached hydrogen (secondary N) is 1. The van der Waals surface area contributed by atoms with Crippen molar-refractivity contribution in [3.63, 3.8) is 0 Å². The van der Waals surface area contributed by atoms with E-state index in [1.54, 1.807) is 19.3 Å². The molecule has 30 heavy (non-hydrogen) atoms. The first-order valence-electron chi connectivity index (χ1n) is 9.91. The SMILES string of the molecule is Cn1nc(C(CC2CCOCC2)c2ccc(-c3ncc(CO)s3)[nH]2)cc1S(C)(=O)=O. The van der Waals surface area contributed by atoms with Crippen molar-refractivity contribution in [3.05, 3.63) is 40.7 Å². The van der Waals surface area contributed by atoms with E-state index in [1.807, 2.05) is 12.1 Å². The molecule has 1 unspecified atom stereocenters. The Morgan fingerprint density at radius 1 is 1.37 bits per heavy atom. The van der Waals surface area contributed by atoms with E-state index >= 15 is 0 Å². The minimum atomic E-state index is -3.36. The van der Waals surface area contributed by atoms with Crippen molar-refractivity contribution >= 4 is 21.2 Å². The van der Waals surface area contributed by atoms with Crippen LogP contribution in [-0.4, -0.2) is 52.7 Å². The Morgan fingerprint density at radius 3 is 2.77 bits per heavy atom. The third-order valence-electron chi connectivity index (χ3n) is 5.53. The fourth-order valence-corrected chi connectivity index (χ4v) is 5.56. The molecule has 1 aliphatic heterocycles. The highest BCUT2D eigenvalue weighted by Gasteiger charge is 2.27. The van der Waals surface area contributed by atoms with Gasteiger partial charge in [0, 0.05) is 44.3 Å². The first-order valence-corrected chi connectivity index (χ1v) is 12.6. The maximum absolute atomic E-state index is 12.1. The molecule has 4 heterocycles. The summed E-state index contributed by atoms with van der Waals surface area (Å²) in [7, 11) is -1.70. The molecule has 0 aromatic carbocycles. The monoisotopic (exact) mass is 450 g/mol. The van der Waals surface area contributed by atoms with E-state index in [1.165, 1.54) is 22.3 Å². The van der Waals surface area contributed by atoms with E-state index in [0.29, 0.717) is 5.92 Å². The summed E-state index contributed by atoms with van der Waals surface area (Å²) in [6.45, 7) is 1.49. The zero-order chi connectivity index (χ0) is 21.3. The Kier molecular flexibility index (Phi) is 6.10. The third-order valence-corrected chi connectivity index (χ3v) is 7.68. The van der Waals surface area contributed by atoms with Gasteiger partial charge in [0.2, 0.25) is 0 Å². The second kappa shape index (κ2) is 8.62. The van der Waals surface area contributed by atoms with Gasteiger partial charge < -0.3 is 14.8 Å². The average molecular weight is 451 g/mol. The molecule has 4 rings (SSSR count). The van der Waals surface area contributed by atoms with E-state index in [4.69, 9.17) is 4.74 Å². The van der Waals surface area contributed by atoms with Crippen molar-refractivity contribution in [1.82, 2.24) is 19.7 Å². The minimum absolute atomic E-state index is 0.0280. The lowest BCUT2D eigenvalue weighted by molar-refractivity contribution is 0.0625. The number of H-pyrrole nitrogens is 1. The van der Waals surface area contributed by atoms with Crippen LogP contribution in [0.4, 0.5) is 0 Å². The van der Waals surface area contributed by atoms with E-state index < -0.39 is 9.84 Å². The molecule has 0 amide bonds. The highest BCUT2D eigenvalue weighted by atomic mass is 32.2. The summed E-state index contributed by atoms with van der Waals surface area (Å²) in [5.74, 6) is 0.431. The highest BCUT2D eigenvalue weighted by Crippen LogP contribution is 2.36. The number of aromatic nitrogens is 4. The first kappa shape index (κ1) is 21.2. The lowest BCUT2D eigenvalue weighted by Crippen LogP contribution is -2.19. The number of sulfone groups is 1. The predicted molar refractivity (Wildman–Crippen MR) is 114 cm³/mol. The van der Waals surface area contributed by atoms with Gasteiger partial charge in [0.15, 0.2) is 14.9 Å². The zero-order valence-corrected chi connectivity index (χ0v) is 18.7. The number of aliphatic hydroxyl groups is 1. The minimum Gasteiger partial charge on any atom is -0.391 e. The number of rotatable bonds is 7. The molecule has 0 radical (unpaired) electrons. The molecule has 0 aliphatic carbocycles. The van der Waals surface area contributed by atoms with Gasteiger partial charge in [-0.15, -0.1) is 11.3 Å².